The summed E-state index contributed by atoms with van der Waals surface area (Å²) < 4.78 is 32.2. The molecule has 0 bridgehead atoms. The van der Waals surface area contributed by atoms with Gasteiger partial charge in [0.15, 0.2) is 0 Å². The van der Waals surface area contributed by atoms with Gasteiger partial charge in [-0.1, -0.05) is 81.3 Å². The number of rotatable bonds is 4. The fourth-order valence-electron chi connectivity index (χ4n) is 4.97. The Bertz CT molecular complexity index is 847. The van der Waals surface area contributed by atoms with Crippen molar-refractivity contribution >= 4 is 20.9 Å². The maximum Gasteiger partial charge on any atom is 0.297 e. The average Bonchev–Trinajstić information content (AvgIpc) is 2.68. The summed E-state index contributed by atoms with van der Waals surface area (Å²) in [4.78, 5) is 0.309. The first kappa shape index (κ1) is 18.0. The van der Waals surface area contributed by atoms with E-state index < -0.39 is 10.1 Å². The van der Waals surface area contributed by atoms with E-state index in [0.717, 1.165) is 30.0 Å². The highest BCUT2D eigenvalue weighted by Crippen LogP contribution is 2.41. The molecule has 2 saturated carbocycles. The Morgan fingerprint density at radius 2 is 1.46 bits per heavy atom. The fourth-order valence-corrected chi connectivity index (χ4v) is 6.34. The van der Waals surface area contributed by atoms with Crippen LogP contribution in [0.15, 0.2) is 47.4 Å². The highest BCUT2D eigenvalue weighted by atomic mass is 32.2. The molecule has 0 aromatic heterocycles. The van der Waals surface area contributed by atoms with Crippen molar-refractivity contribution in [3.05, 3.63) is 42.5 Å². The molecule has 0 heterocycles. The van der Waals surface area contributed by atoms with E-state index in [1.54, 1.807) is 12.1 Å². The van der Waals surface area contributed by atoms with Crippen LogP contribution in [0.3, 0.4) is 0 Å². The molecular formula is C22H28O3S. The van der Waals surface area contributed by atoms with Gasteiger partial charge in [-0.05, 0) is 36.1 Å². The van der Waals surface area contributed by atoms with Gasteiger partial charge >= 0.3 is 0 Å². The molecule has 26 heavy (non-hydrogen) atoms. The van der Waals surface area contributed by atoms with E-state index in [9.17, 15) is 8.42 Å². The number of hydrogen-bond acceptors (Lipinski definition) is 3. The number of benzene rings is 2. The lowest BCUT2D eigenvalue weighted by Gasteiger charge is -2.38. The summed E-state index contributed by atoms with van der Waals surface area (Å²) in [7, 11) is -3.76. The van der Waals surface area contributed by atoms with Crippen LogP contribution in [0.25, 0.3) is 10.8 Å². The van der Waals surface area contributed by atoms with Crippen LogP contribution in [0.1, 0.15) is 57.8 Å². The molecule has 0 amide bonds. The molecule has 4 heteroatoms. The predicted molar refractivity (Wildman–Crippen MR) is 105 cm³/mol. The standard InChI is InChI=1S/C22H28O3S/c23-26(24,22-16-8-12-18-11-4-5-14-20(18)22)25-21-15-7-6-13-19(21)17-9-2-1-3-10-17/h4-5,8,11-12,14,16-17,19,21H,1-3,6-7,9-10,13,15H2. The van der Waals surface area contributed by atoms with Crippen molar-refractivity contribution in [3.8, 4) is 0 Å². The fraction of sp³-hybridized carbons (Fsp3) is 0.545. The minimum absolute atomic E-state index is 0.157. The van der Waals surface area contributed by atoms with Crippen molar-refractivity contribution < 1.29 is 12.6 Å². The van der Waals surface area contributed by atoms with Gasteiger partial charge in [0.2, 0.25) is 0 Å². The Labute approximate surface area is 156 Å². The van der Waals surface area contributed by atoms with Gasteiger partial charge in [-0.25, -0.2) is 0 Å². The van der Waals surface area contributed by atoms with Gasteiger partial charge in [-0.15, -0.1) is 0 Å². The molecule has 2 aliphatic carbocycles. The monoisotopic (exact) mass is 372 g/mol. The third-order valence-electron chi connectivity index (χ3n) is 6.28. The average molecular weight is 373 g/mol. The van der Waals surface area contributed by atoms with Crippen molar-refractivity contribution in [2.24, 2.45) is 11.8 Å². The lowest BCUT2D eigenvalue weighted by atomic mass is 9.72. The molecule has 2 aromatic rings. The maximum absolute atomic E-state index is 13.1. The van der Waals surface area contributed by atoms with Crippen molar-refractivity contribution in [2.75, 3.05) is 0 Å². The van der Waals surface area contributed by atoms with Crippen LogP contribution in [-0.2, 0) is 14.3 Å². The molecule has 2 aromatic carbocycles. The first-order valence-electron chi connectivity index (χ1n) is 10.1. The van der Waals surface area contributed by atoms with E-state index >= 15 is 0 Å². The summed E-state index contributed by atoms with van der Waals surface area (Å²) in [5.74, 6) is 1.03. The Balaban J connectivity index is 1.61. The molecule has 0 spiro atoms. The van der Waals surface area contributed by atoms with E-state index in [-0.39, 0.29) is 6.10 Å². The SMILES string of the molecule is O=S(=O)(OC1CCCCC1C1CCCCC1)c1cccc2ccccc12. The van der Waals surface area contributed by atoms with Crippen molar-refractivity contribution in [1.29, 1.82) is 0 Å². The molecule has 2 unspecified atom stereocenters. The van der Waals surface area contributed by atoms with Crippen LogP contribution in [0, 0.1) is 11.8 Å². The van der Waals surface area contributed by atoms with Crippen LogP contribution in [0.5, 0.6) is 0 Å². The first-order chi connectivity index (χ1) is 12.6. The molecule has 3 nitrogen and oxygen atoms in total. The molecule has 140 valence electrons. The lowest BCUT2D eigenvalue weighted by molar-refractivity contribution is 0.0487. The Morgan fingerprint density at radius 1 is 0.769 bits per heavy atom. The summed E-state index contributed by atoms with van der Waals surface area (Å²) in [5.41, 5.74) is 0. The van der Waals surface area contributed by atoms with Crippen molar-refractivity contribution in [1.82, 2.24) is 0 Å². The quantitative estimate of drug-likeness (QED) is 0.648. The number of hydrogen-bond donors (Lipinski definition) is 0. The van der Waals surface area contributed by atoms with E-state index in [4.69, 9.17) is 4.18 Å². The summed E-state index contributed by atoms with van der Waals surface area (Å²) in [6, 6.07) is 13.0. The highest BCUT2D eigenvalue weighted by Gasteiger charge is 2.36. The summed E-state index contributed by atoms with van der Waals surface area (Å²) in [6.45, 7) is 0. The number of fused-ring (bicyclic) bond motifs is 1. The van der Waals surface area contributed by atoms with Crippen LogP contribution in [-0.4, -0.2) is 14.5 Å². The molecule has 4 rings (SSSR count). The van der Waals surface area contributed by atoms with Crippen LogP contribution in [0.4, 0.5) is 0 Å². The van der Waals surface area contributed by atoms with Crippen molar-refractivity contribution in [2.45, 2.75) is 68.8 Å². The smallest absolute Gasteiger partial charge is 0.263 e. The summed E-state index contributed by atoms with van der Waals surface area (Å²) in [5, 5.41) is 1.68. The van der Waals surface area contributed by atoms with Gasteiger partial charge in [-0.2, -0.15) is 8.42 Å². The minimum atomic E-state index is -3.76. The minimum Gasteiger partial charge on any atom is -0.263 e. The summed E-state index contributed by atoms with van der Waals surface area (Å²) in [6.07, 6.45) is 10.4. The summed E-state index contributed by atoms with van der Waals surface area (Å²) >= 11 is 0. The second-order valence-corrected chi connectivity index (χ2v) is 9.45. The second-order valence-electron chi connectivity index (χ2n) is 7.91. The molecule has 2 fully saturated rings. The Kier molecular flexibility index (Phi) is 5.32. The van der Waals surface area contributed by atoms with Gasteiger partial charge in [-0.3, -0.25) is 4.18 Å². The lowest BCUT2D eigenvalue weighted by Crippen LogP contribution is -2.35. The molecule has 2 aliphatic rings. The van der Waals surface area contributed by atoms with Gasteiger partial charge < -0.3 is 0 Å². The maximum atomic E-state index is 13.1. The molecule has 0 radical (unpaired) electrons. The van der Waals surface area contributed by atoms with E-state index in [1.807, 2.05) is 30.3 Å². The molecule has 0 aliphatic heterocycles. The zero-order valence-electron chi connectivity index (χ0n) is 15.3. The largest absolute Gasteiger partial charge is 0.297 e. The van der Waals surface area contributed by atoms with Crippen LogP contribution < -0.4 is 0 Å². The van der Waals surface area contributed by atoms with E-state index in [2.05, 4.69) is 0 Å². The molecular weight excluding hydrogens is 344 g/mol. The topological polar surface area (TPSA) is 43.4 Å². The van der Waals surface area contributed by atoms with E-state index in [1.165, 1.54) is 38.5 Å². The zero-order chi connectivity index (χ0) is 18.0. The molecule has 2 atom stereocenters. The second kappa shape index (κ2) is 7.69. The highest BCUT2D eigenvalue weighted by molar-refractivity contribution is 7.87. The van der Waals surface area contributed by atoms with Crippen molar-refractivity contribution in [3.63, 3.8) is 0 Å². The van der Waals surface area contributed by atoms with Crippen LogP contribution in [0.2, 0.25) is 0 Å². The zero-order valence-corrected chi connectivity index (χ0v) is 16.1. The van der Waals surface area contributed by atoms with Gasteiger partial charge in [0.05, 0.1) is 6.10 Å². The van der Waals surface area contributed by atoms with Gasteiger partial charge in [0, 0.05) is 5.39 Å². The van der Waals surface area contributed by atoms with Gasteiger partial charge in [0.25, 0.3) is 10.1 Å². The third-order valence-corrected chi connectivity index (χ3v) is 7.67. The normalized spacial score (nSPS) is 25.4. The molecule has 0 saturated heterocycles. The molecule has 0 N–H and O–H groups in total. The van der Waals surface area contributed by atoms with Gasteiger partial charge in [0.1, 0.15) is 4.90 Å². The van der Waals surface area contributed by atoms with Crippen LogP contribution >= 0.6 is 0 Å². The third kappa shape index (κ3) is 3.67. The van der Waals surface area contributed by atoms with E-state index in [0.29, 0.717) is 16.7 Å². The predicted octanol–water partition coefficient (Wildman–Crippen LogP) is 5.68. The Morgan fingerprint density at radius 3 is 2.31 bits per heavy atom. The first-order valence-corrected chi connectivity index (χ1v) is 11.5. The Hall–Kier alpha value is -1.39.